The van der Waals surface area contributed by atoms with Gasteiger partial charge >= 0.3 is 0 Å². The maximum absolute atomic E-state index is 5.84. The third-order valence-corrected chi connectivity index (χ3v) is 3.82. The highest BCUT2D eigenvalue weighted by atomic mass is 32.1. The summed E-state index contributed by atoms with van der Waals surface area (Å²) in [6.45, 7) is 8.78. The Labute approximate surface area is 144 Å². The lowest BCUT2D eigenvalue weighted by atomic mass is 10.1. The second-order valence-corrected chi connectivity index (χ2v) is 6.30. The fraction of sp³-hybridized carbons (Fsp3) is 0.316. The molecule has 1 atom stereocenters. The quantitative estimate of drug-likeness (QED) is 0.799. The minimum absolute atomic E-state index is 0.111. The summed E-state index contributed by atoms with van der Waals surface area (Å²) >= 11 is 5.39. The minimum Gasteiger partial charge on any atom is -0.491 e. The van der Waals surface area contributed by atoms with Crippen LogP contribution in [-0.4, -0.2) is 17.8 Å². The molecule has 0 aliphatic carbocycles. The fourth-order valence-corrected chi connectivity index (χ4v) is 2.54. The number of rotatable bonds is 5. The molecule has 2 N–H and O–H groups in total. The Morgan fingerprint density at radius 1 is 1.09 bits per heavy atom. The zero-order valence-electron chi connectivity index (χ0n) is 14.1. The topological polar surface area (TPSA) is 33.3 Å². The van der Waals surface area contributed by atoms with Crippen molar-refractivity contribution >= 4 is 23.0 Å². The van der Waals surface area contributed by atoms with Crippen molar-refractivity contribution in [2.24, 2.45) is 0 Å². The number of hydrogen-bond donors (Lipinski definition) is 2. The summed E-state index contributed by atoms with van der Waals surface area (Å²) in [5.41, 5.74) is 4.55. The summed E-state index contributed by atoms with van der Waals surface area (Å²) in [6, 6.07) is 14.4. The number of benzene rings is 2. The van der Waals surface area contributed by atoms with E-state index in [9.17, 15) is 0 Å². The standard InChI is InChI=1S/C19H24N2OS/c1-13-9-10-14(2)17(11-13)21-19(23)20-16(4)12-22-18-8-6-5-7-15(18)3/h5-11,16H,12H2,1-4H3,(H2,20,21,23)/t16-/m0/s1. The van der Waals surface area contributed by atoms with Gasteiger partial charge < -0.3 is 15.4 Å². The first-order valence-electron chi connectivity index (χ1n) is 7.79. The molecule has 0 aliphatic rings. The molecule has 2 aromatic rings. The van der Waals surface area contributed by atoms with Gasteiger partial charge in [0.1, 0.15) is 12.4 Å². The van der Waals surface area contributed by atoms with Crippen LogP contribution in [0.1, 0.15) is 23.6 Å². The van der Waals surface area contributed by atoms with Gasteiger partial charge in [-0.25, -0.2) is 0 Å². The molecule has 2 aromatic carbocycles. The third-order valence-electron chi connectivity index (χ3n) is 3.60. The lowest BCUT2D eigenvalue weighted by molar-refractivity contribution is 0.285. The van der Waals surface area contributed by atoms with Crippen LogP contribution in [0.5, 0.6) is 5.75 Å². The van der Waals surface area contributed by atoms with E-state index in [0.29, 0.717) is 11.7 Å². The number of aryl methyl sites for hydroxylation is 3. The Kier molecular flexibility index (Phi) is 5.99. The largest absolute Gasteiger partial charge is 0.491 e. The molecule has 0 fully saturated rings. The van der Waals surface area contributed by atoms with E-state index in [2.05, 4.69) is 49.6 Å². The van der Waals surface area contributed by atoms with Crippen LogP contribution in [0.4, 0.5) is 5.69 Å². The Bertz CT molecular complexity index is 685. The average Bonchev–Trinajstić information content (AvgIpc) is 2.50. The van der Waals surface area contributed by atoms with Crippen LogP contribution >= 0.6 is 12.2 Å². The molecule has 0 bridgehead atoms. The summed E-state index contributed by atoms with van der Waals surface area (Å²) < 4.78 is 5.84. The SMILES string of the molecule is Cc1ccc(C)c(NC(=S)N[C@@H](C)COc2ccccc2C)c1. The highest BCUT2D eigenvalue weighted by molar-refractivity contribution is 7.80. The molecule has 4 heteroatoms. The molecule has 23 heavy (non-hydrogen) atoms. The molecule has 0 aromatic heterocycles. The van der Waals surface area contributed by atoms with Gasteiger partial charge in [0.05, 0.1) is 6.04 Å². The molecule has 0 unspecified atom stereocenters. The molecule has 0 saturated carbocycles. The van der Waals surface area contributed by atoms with E-state index in [1.165, 1.54) is 11.1 Å². The molecule has 0 radical (unpaired) electrons. The normalized spacial score (nSPS) is 11.7. The van der Waals surface area contributed by atoms with Gasteiger partial charge in [0.2, 0.25) is 0 Å². The lowest BCUT2D eigenvalue weighted by Crippen LogP contribution is -2.39. The number of nitrogens with one attached hydrogen (secondary N) is 2. The van der Waals surface area contributed by atoms with Gasteiger partial charge in [0.25, 0.3) is 0 Å². The first-order valence-corrected chi connectivity index (χ1v) is 8.19. The zero-order chi connectivity index (χ0) is 16.8. The van der Waals surface area contributed by atoms with E-state index < -0.39 is 0 Å². The maximum Gasteiger partial charge on any atom is 0.171 e. The van der Waals surface area contributed by atoms with E-state index in [1.807, 2.05) is 31.2 Å². The molecular formula is C19H24N2OS. The van der Waals surface area contributed by atoms with Crippen molar-refractivity contribution < 1.29 is 4.74 Å². The molecule has 0 amide bonds. The van der Waals surface area contributed by atoms with Gasteiger partial charge in [0, 0.05) is 5.69 Å². The zero-order valence-corrected chi connectivity index (χ0v) is 15.0. The molecule has 2 rings (SSSR count). The first-order chi connectivity index (χ1) is 11.0. The Morgan fingerprint density at radius 2 is 1.83 bits per heavy atom. The van der Waals surface area contributed by atoms with Gasteiger partial charge in [0.15, 0.2) is 5.11 Å². The van der Waals surface area contributed by atoms with Gasteiger partial charge in [-0.3, -0.25) is 0 Å². The third kappa shape index (κ3) is 5.25. The first kappa shape index (κ1) is 17.3. The Balaban J connectivity index is 1.85. The van der Waals surface area contributed by atoms with Crippen LogP contribution in [0.3, 0.4) is 0 Å². The van der Waals surface area contributed by atoms with Crippen molar-refractivity contribution in [3.63, 3.8) is 0 Å². The van der Waals surface area contributed by atoms with Crippen molar-refractivity contribution in [2.45, 2.75) is 33.7 Å². The van der Waals surface area contributed by atoms with Gasteiger partial charge in [-0.2, -0.15) is 0 Å². The highest BCUT2D eigenvalue weighted by Gasteiger charge is 2.08. The number of ether oxygens (including phenoxy) is 1. The van der Waals surface area contributed by atoms with Gasteiger partial charge in [-0.1, -0.05) is 30.3 Å². The molecule has 122 valence electrons. The van der Waals surface area contributed by atoms with Crippen LogP contribution in [0.15, 0.2) is 42.5 Å². The van der Waals surface area contributed by atoms with Crippen LogP contribution in [0, 0.1) is 20.8 Å². The number of anilines is 1. The number of thiocarbonyl (C=S) groups is 1. The predicted octanol–water partition coefficient (Wildman–Crippen LogP) is 4.37. The summed E-state index contributed by atoms with van der Waals surface area (Å²) in [4.78, 5) is 0. The molecule has 0 heterocycles. The predicted molar refractivity (Wildman–Crippen MR) is 101 cm³/mol. The van der Waals surface area contributed by atoms with E-state index >= 15 is 0 Å². The summed E-state index contributed by atoms with van der Waals surface area (Å²) in [5.74, 6) is 0.912. The molecule has 0 aliphatic heterocycles. The Morgan fingerprint density at radius 3 is 2.57 bits per heavy atom. The van der Waals surface area contributed by atoms with Crippen LogP contribution in [0.25, 0.3) is 0 Å². The highest BCUT2D eigenvalue weighted by Crippen LogP contribution is 2.17. The smallest absolute Gasteiger partial charge is 0.171 e. The van der Waals surface area contributed by atoms with Crippen LogP contribution in [0.2, 0.25) is 0 Å². The average molecular weight is 328 g/mol. The minimum atomic E-state index is 0.111. The second kappa shape index (κ2) is 7.97. The molecule has 0 saturated heterocycles. The second-order valence-electron chi connectivity index (χ2n) is 5.89. The van der Waals surface area contributed by atoms with Crippen molar-refractivity contribution in [3.05, 3.63) is 59.2 Å². The number of hydrogen-bond acceptors (Lipinski definition) is 2. The van der Waals surface area contributed by atoms with Gasteiger partial charge in [-0.05, 0) is 68.7 Å². The van der Waals surface area contributed by atoms with Crippen molar-refractivity contribution in [1.82, 2.24) is 5.32 Å². The van der Waals surface area contributed by atoms with Crippen molar-refractivity contribution in [3.8, 4) is 5.75 Å². The summed E-state index contributed by atoms with van der Waals surface area (Å²) in [5, 5.41) is 7.13. The Hall–Kier alpha value is -2.07. The molecule has 3 nitrogen and oxygen atoms in total. The van der Waals surface area contributed by atoms with Gasteiger partial charge in [-0.15, -0.1) is 0 Å². The van der Waals surface area contributed by atoms with E-state index in [1.54, 1.807) is 0 Å². The fourth-order valence-electron chi connectivity index (χ4n) is 2.23. The lowest BCUT2D eigenvalue weighted by Gasteiger charge is -2.19. The monoisotopic (exact) mass is 328 g/mol. The summed E-state index contributed by atoms with van der Waals surface area (Å²) in [7, 11) is 0. The van der Waals surface area contributed by atoms with Crippen LogP contribution in [-0.2, 0) is 0 Å². The number of para-hydroxylation sites is 1. The van der Waals surface area contributed by atoms with E-state index in [0.717, 1.165) is 17.0 Å². The van der Waals surface area contributed by atoms with Crippen LogP contribution < -0.4 is 15.4 Å². The maximum atomic E-state index is 5.84. The van der Waals surface area contributed by atoms with Crippen molar-refractivity contribution in [2.75, 3.05) is 11.9 Å². The van der Waals surface area contributed by atoms with E-state index in [4.69, 9.17) is 17.0 Å². The van der Waals surface area contributed by atoms with E-state index in [-0.39, 0.29) is 6.04 Å². The molecular weight excluding hydrogens is 304 g/mol. The molecule has 0 spiro atoms. The summed E-state index contributed by atoms with van der Waals surface area (Å²) in [6.07, 6.45) is 0. The van der Waals surface area contributed by atoms with Crippen molar-refractivity contribution in [1.29, 1.82) is 0 Å².